The van der Waals surface area contributed by atoms with Crippen LogP contribution < -0.4 is 0 Å². The van der Waals surface area contributed by atoms with Crippen molar-refractivity contribution >= 4 is 26.3 Å². The Kier molecular flexibility index (Phi) is 4.61. The van der Waals surface area contributed by atoms with Crippen LogP contribution in [0.25, 0.3) is 26.9 Å². The molecule has 0 saturated carbocycles. The molecule has 0 radical (unpaired) electrons. The van der Waals surface area contributed by atoms with Gasteiger partial charge < -0.3 is 0 Å². The highest BCUT2D eigenvalue weighted by molar-refractivity contribution is 7.89. The van der Waals surface area contributed by atoms with Gasteiger partial charge in [0.1, 0.15) is 5.01 Å². The Labute approximate surface area is 171 Å². The molecular formula is C19H18N6O2S2. The number of hydrogen-bond donors (Lipinski definition) is 0. The molecule has 0 amide bonds. The van der Waals surface area contributed by atoms with Crippen LogP contribution >= 0.6 is 11.3 Å². The van der Waals surface area contributed by atoms with Crippen LogP contribution in [0.15, 0.2) is 53.7 Å². The lowest BCUT2D eigenvalue weighted by Gasteiger charge is -2.25. The maximum Gasteiger partial charge on any atom is 0.243 e. The number of benzene rings is 1. The van der Waals surface area contributed by atoms with Gasteiger partial charge in [0, 0.05) is 36.6 Å². The third-order valence-electron chi connectivity index (χ3n) is 4.96. The van der Waals surface area contributed by atoms with Gasteiger partial charge in [0.25, 0.3) is 0 Å². The summed E-state index contributed by atoms with van der Waals surface area (Å²) in [5.74, 6) is 0.627. The normalized spacial score (nSPS) is 15.7. The molecule has 0 unspecified atom stereocenters. The topological polar surface area (TPSA) is 93.3 Å². The third-order valence-corrected chi connectivity index (χ3v) is 7.81. The van der Waals surface area contributed by atoms with Crippen molar-refractivity contribution in [2.24, 2.45) is 0 Å². The molecule has 0 atom stereocenters. The lowest BCUT2D eigenvalue weighted by Crippen LogP contribution is -2.35. The van der Waals surface area contributed by atoms with Crippen molar-refractivity contribution in [2.75, 3.05) is 13.1 Å². The van der Waals surface area contributed by atoms with Crippen LogP contribution in [-0.4, -0.2) is 50.6 Å². The Morgan fingerprint density at radius 3 is 2.52 bits per heavy atom. The molecule has 8 nitrogen and oxygen atoms in total. The molecule has 148 valence electrons. The van der Waals surface area contributed by atoms with Gasteiger partial charge >= 0.3 is 0 Å². The van der Waals surface area contributed by atoms with Gasteiger partial charge in [0.2, 0.25) is 15.0 Å². The first-order chi connectivity index (χ1) is 14.1. The van der Waals surface area contributed by atoms with Crippen molar-refractivity contribution in [1.29, 1.82) is 0 Å². The van der Waals surface area contributed by atoms with E-state index in [1.165, 1.54) is 11.3 Å². The van der Waals surface area contributed by atoms with Crippen molar-refractivity contribution in [1.82, 2.24) is 29.1 Å². The van der Waals surface area contributed by atoms with Crippen molar-refractivity contribution in [3.8, 4) is 22.0 Å². The Morgan fingerprint density at radius 2 is 1.72 bits per heavy atom. The van der Waals surface area contributed by atoms with Gasteiger partial charge in [0.05, 0.1) is 4.90 Å². The monoisotopic (exact) mass is 426 g/mol. The number of fused-ring (bicyclic) bond motifs is 1. The fourth-order valence-electron chi connectivity index (χ4n) is 3.46. The number of nitrogens with zero attached hydrogens (tertiary/aromatic N) is 6. The highest BCUT2D eigenvalue weighted by atomic mass is 32.2. The Bertz CT molecular complexity index is 1260. The Morgan fingerprint density at radius 1 is 0.931 bits per heavy atom. The summed E-state index contributed by atoms with van der Waals surface area (Å²) in [6.45, 7) is 1.16. The fraction of sp³-hybridized carbons (Fsp3) is 0.263. The van der Waals surface area contributed by atoms with Crippen molar-refractivity contribution in [2.45, 2.75) is 24.2 Å². The molecule has 1 fully saturated rings. The summed E-state index contributed by atoms with van der Waals surface area (Å²) in [6.07, 6.45) is 6.29. The van der Waals surface area contributed by atoms with Crippen LogP contribution in [0.4, 0.5) is 0 Å². The third kappa shape index (κ3) is 3.33. The first-order valence-electron chi connectivity index (χ1n) is 9.36. The van der Waals surface area contributed by atoms with Crippen LogP contribution in [0.2, 0.25) is 0 Å². The second-order valence-corrected chi connectivity index (χ2v) is 9.75. The van der Waals surface area contributed by atoms with Crippen LogP contribution in [0, 0.1) is 0 Å². The van der Waals surface area contributed by atoms with Crippen LogP contribution in [-0.2, 0) is 10.0 Å². The summed E-state index contributed by atoms with van der Waals surface area (Å²) in [7, 11) is -3.49. The van der Waals surface area contributed by atoms with E-state index in [9.17, 15) is 8.42 Å². The zero-order valence-corrected chi connectivity index (χ0v) is 17.1. The van der Waals surface area contributed by atoms with E-state index in [0.717, 1.165) is 30.4 Å². The lowest BCUT2D eigenvalue weighted by atomic mass is 10.2. The van der Waals surface area contributed by atoms with E-state index in [2.05, 4.69) is 20.3 Å². The summed E-state index contributed by atoms with van der Waals surface area (Å²) in [6, 6.07) is 10.7. The zero-order valence-electron chi connectivity index (χ0n) is 15.5. The van der Waals surface area contributed by atoms with Gasteiger partial charge in [0.15, 0.2) is 5.82 Å². The van der Waals surface area contributed by atoms with Crippen molar-refractivity contribution in [3.05, 3.63) is 48.8 Å². The van der Waals surface area contributed by atoms with E-state index < -0.39 is 10.0 Å². The number of piperidine rings is 1. The molecular weight excluding hydrogens is 408 g/mol. The fourth-order valence-corrected chi connectivity index (χ4v) is 5.86. The predicted octanol–water partition coefficient (Wildman–Crippen LogP) is 3.09. The molecule has 1 aromatic carbocycles. The average molecular weight is 427 g/mol. The van der Waals surface area contributed by atoms with E-state index in [1.807, 2.05) is 18.2 Å². The molecule has 0 aliphatic carbocycles. The number of pyridine rings is 1. The second-order valence-electron chi connectivity index (χ2n) is 6.85. The molecule has 4 heterocycles. The summed E-state index contributed by atoms with van der Waals surface area (Å²) in [4.78, 5) is 4.98. The van der Waals surface area contributed by atoms with Crippen LogP contribution in [0.5, 0.6) is 0 Å². The zero-order chi connectivity index (χ0) is 19.8. The lowest BCUT2D eigenvalue weighted by molar-refractivity contribution is 0.346. The standard InChI is InChI=1S/C19H18N6O2S2/c26-29(27,24-11-2-1-3-12-24)16-6-4-5-15(13-16)18-23-25-17(21-22-19(25)28-18)14-7-9-20-10-8-14/h4-10,13H,1-3,11-12H2. The largest absolute Gasteiger partial charge is 0.265 e. The van der Waals surface area contributed by atoms with Gasteiger partial charge in [-0.05, 0) is 37.1 Å². The van der Waals surface area contributed by atoms with Crippen LogP contribution in [0.3, 0.4) is 0 Å². The van der Waals surface area contributed by atoms with Gasteiger partial charge in [-0.2, -0.15) is 13.9 Å². The van der Waals surface area contributed by atoms with E-state index in [4.69, 9.17) is 0 Å². The van der Waals surface area contributed by atoms with E-state index in [0.29, 0.717) is 33.8 Å². The average Bonchev–Trinajstić information content (AvgIpc) is 3.36. The minimum Gasteiger partial charge on any atom is -0.265 e. The summed E-state index contributed by atoms with van der Waals surface area (Å²) in [5, 5.41) is 13.7. The first-order valence-corrected chi connectivity index (χ1v) is 11.6. The van der Waals surface area contributed by atoms with E-state index in [-0.39, 0.29) is 0 Å². The molecule has 0 spiro atoms. The molecule has 0 bridgehead atoms. The summed E-state index contributed by atoms with van der Waals surface area (Å²) >= 11 is 1.37. The molecule has 4 aromatic rings. The number of aromatic nitrogens is 5. The quantitative estimate of drug-likeness (QED) is 0.498. The second kappa shape index (κ2) is 7.29. The smallest absolute Gasteiger partial charge is 0.243 e. The van der Waals surface area contributed by atoms with Gasteiger partial charge in [-0.25, -0.2) is 8.42 Å². The van der Waals surface area contributed by atoms with Crippen molar-refractivity contribution in [3.63, 3.8) is 0 Å². The maximum atomic E-state index is 13.0. The minimum atomic E-state index is -3.49. The summed E-state index contributed by atoms with van der Waals surface area (Å²) in [5.41, 5.74) is 1.62. The van der Waals surface area contributed by atoms with Gasteiger partial charge in [-0.1, -0.05) is 29.9 Å². The van der Waals surface area contributed by atoms with Crippen LogP contribution in [0.1, 0.15) is 19.3 Å². The van der Waals surface area contributed by atoms with Gasteiger partial charge in [-0.3, -0.25) is 4.98 Å². The minimum absolute atomic E-state index is 0.303. The highest BCUT2D eigenvalue weighted by Gasteiger charge is 2.26. The molecule has 10 heteroatoms. The molecule has 29 heavy (non-hydrogen) atoms. The molecule has 1 saturated heterocycles. The molecule has 5 rings (SSSR count). The number of rotatable bonds is 4. The van der Waals surface area contributed by atoms with Crippen molar-refractivity contribution < 1.29 is 8.42 Å². The maximum absolute atomic E-state index is 13.0. The predicted molar refractivity (Wildman–Crippen MR) is 110 cm³/mol. The molecule has 0 N–H and O–H groups in total. The Balaban J connectivity index is 1.53. The van der Waals surface area contributed by atoms with E-state index in [1.54, 1.807) is 39.4 Å². The first kappa shape index (κ1) is 18.3. The van der Waals surface area contributed by atoms with Gasteiger partial charge in [-0.15, -0.1) is 10.2 Å². The SMILES string of the molecule is O=S(=O)(c1cccc(-c2nn3c(-c4ccncc4)nnc3s2)c1)N1CCCCC1. The Hall–Kier alpha value is -2.69. The van der Waals surface area contributed by atoms with E-state index >= 15 is 0 Å². The molecule has 1 aliphatic rings. The highest BCUT2D eigenvalue weighted by Crippen LogP contribution is 2.30. The molecule has 1 aliphatic heterocycles. The molecule has 3 aromatic heterocycles. The number of sulfonamides is 1. The summed E-state index contributed by atoms with van der Waals surface area (Å²) < 4.78 is 29.3. The number of hydrogen-bond acceptors (Lipinski definition) is 7.